The third-order valence-electron chi connectivity index (χ3n) is 6.56. The van der Waals surface area contributed by atoms with Gasteiger partial charge in [0.2, 0.25) is 0 Å². The summed E-state index contributed by atoms with van der Waals surface area (Å²) in [6.45, 7) is 0.701. The van der Waals surface area contributed by atoms with E-state index in [-0.39, 0.29) is 6.61 Å². The Bertz CT molecular complexity index is 1180. The van der Waals surface area contributed by atoms with Gasteiger partial charge in [-0.05, 0) is 56.6 Å². The molecule has 4 aromatic rings. The van der Waals surface area contributed by atoms with E-state index in [1.165, 1.54) is 55.9 Å². The summed E-state index contributed by atoms with van der Waals surface area (Å²) in [5.41, 5.74) is 13.2. The first-order valence-corrected chi connectivity index (χ1v) is 10.6. The minimum Gasteiger partial charge on any atom is -0.395 e. The molecule has 2 aliphatic carbocycles. The lowest BCUT2D eigenvalue weighted by Gasteiger charge is -2.29. The molecule has 2 nitrogen and oxygen atoms in total. The number of nitrogens with zero attached hydrogens (tertiary/aromatic N) is 1. The van der Waals surface area contributed by atoms with Gasteiger partial charge in [-0.1, -0.05) is 72.8 Å². The van der Waals surface area contributed by atoms with Crippen LogP contribution in [-0.2, 0) is 12.8 Å². The summed E-state index contributed by atoms with van der Waals surface area (Å²) in [5, 5.41) is 9.96. The van der Waals surface area contributed by atoms with Gasteiger partial charge in [-0.15, -0.1) is 0 Å². The molecule has 0 spiro atoms. The molecule has 4 aromatic carbocycles. The van der Waals surface area contributed by atoms with Crippen molar-refractivity contribution in [3.63, 3.8) is 0 Å². The standard InChI is InChI=1S/C28H23NO/c30-16-15-29(27-13-5-11-23-21-9-3-1-7-19(21)17-25(23)27)28-14-6-12-24-22-10-4-2-8-20(22)18-26(24)28/h1-14,30H,15-18H2. The van der Waals surface area contributed by atoms with Gasteiger partial charge >= 0.3 is 0 Å². The zero-order valence-electron chi connectivity index (χ0n) is 16.8. The minimum atomic E-state index is 0.118. The van der Waals surface area contributed by atoms with Crippen LogP contribution >= 0.6 is 0 Å². The Morgan fingerprint density at radius 2 is 1.03 bits per heavy atom. The van der Waals surface area contributed by atoms with Gasteiger partial charge in [-0.2, -0.15) is 0 Å². The van der Waals surface area contributed by atoms with Crippen molar-refractivity contribution >= 4 is 11.4 Å². The minimum absolute atomic E-state index is 0.118. The molecule has 0 atom stereocenters. The van der Waals surface area contributed by atoms with Crippen molar-refractivity contribution in [2.45, 2.75) is 12.8 Å². The van der Waals surface area contributed by atoms with E-state index in [0.29, 0.717) is 6.54 Å². The molecule has 6 rings (SSSR count). The van der Waals surface area contributed by atoms with Crippen molar-refractivity contribution in [1.82, 2.24) is 0 Å². The highest BCUT2D eigenvalue weighted by atomic mass is 16.3. The highest BCUT2D eigenvalue weighted by molar-refractivity contribution is 5.88. The summed E-state index contributed by atoms with van der Waals surface area (Å²) in [4.78, 5) is 2.33. The molecule has 146 valence electrons. The highest BCUT2D eigenvalue weighted by Gasteiger charge is 2.27. The molecular weight excluding hydrogens is 366 g/mol. The normalized spacial score (nSPS) is 12.8. The van der Waals surface area contributed by atoms with Gasteiger partial charge in [-0.25, -0.2) is 0 Å². The Morgan fingerprint density at radius 3 is 1.53 bits per heavy atom. The first-order valence-electron chi connectivity index (χ1n) is 10.6. The molecule has 0 radical (unpaired) electrons. The van der Waals surface area contributed by atoms with Crippen molar-refractivity contribution in [3.8, 4) is 22.3 Å². The summed E-state index contributed by atoms with van der Waals surface area (Å²) in [5.74, 6) is 0. The molecule has 0 saturated carbocycles. The zero-order valence-corrected chi connectivity index (χ0v) is 16.8. The Kier molecular flexibility index (Phi) is 4.00. The van der Waals surface area contributed by atoms with Crippen molar-refractivity contribution in [3.05, 3.63) is 107 Å². The number of benzene rings is 4. The van der Waals surface area contributed by atoms with E-state index in [4.69, 9.17) is 0 Å². The van der Waals surface area contributed by atoms with E-state index in [2.05, 4.69) is 89.8 Å². The zero-order chi connectivity index (χ0) is 20.1. The molecule has 2 aliphatic rings. The van der Waals surface area contributed by atoms with Gasteiger partial charge < -0.3 is 10.0 Å². The third kappa shape index (κ3) is 2.54. The number of hydrogen-bond donors (Lipinski definition) is 1. The second-order valence-corrected chi connectivity index (χ2v) is 8.15. The number of anilines is 2. The van der Waals surface area contributed by atoms with E-state index in [1.54, 1.807) is 0 Å². The molecule has 2 heteroatoms. The highest BCUT2D eigenvalue weighted by Crippen LogP contribution is 2.46. The lowest BCUT2D eigenvalue weighted by atomic mass is 10.0. The van der Waals surface area contributed by atoms with Crippen LogP contribution in [0, 0.1) is 0 Å². The van der Waals surface area contributed by atoms with Crippen LogP contribution in [0.3, 0.4) is 0 Å². The smallest absolute Gasteiger partial charge is 0.0610 e. The number of hydrogen-bond acceptors (Lipinski definition) is 2. The molecule has 0 fully saturated rings. The van der Waals surface area contributed by atoms with Gasteiger partial charge in [0, 0.05) is 30.8 Å². The fourth-order valence-corrected chi connectivity index (χ4v) is 5.26. The third-order valence-corrected chi connectivity index (χ3v) is 6.56. The molecule has 0 saturated heterocycles. The monoisotopic (exact) mass is 389 g/mol. The quantitative estimate of drug-likeness (QED) is 0.402. The van der Waals surface area contributed by atoms with Gasteiger partial charge in [0.15, 0.2) is 0 Å². The second kappa shape index (κ2) is 6.86. The van der Waals surface area contributed by atoms with E-state index >= 15 is 0 Å². The van der Waals surface area contributed by atoms with Crippen LogP contribution < -0.4 is 4.90 Å². The molecular formula is C28H23NO. The molecule has 30 heavy (non-hydrogen) atoms. The van der Waals surface area contributed by atoms with Crippen LogP contribution in [0.4, 0.5) is 11.4 Å². The summed E-state index contributed by atoms with van der Waals surface area (Å²) < 4.78 is 0. The van der Waals surface area contributed by atoms with Crippen molar-refractivity contribution in [1.29, 1.82) is 0 Å². The summed E-state index contributed by atoms with van der Waals surface area (Å²) >= 11 is 0. The molecule has 0 aromatic heterocycles. The largest absolute Gasteiger partial charge is 0.395 e. The summed E-state index contributed by atoms with van der Waals surface area (Å²) in [6.07, 6.45) is 1.89. The predicted molar refractivity (Wildman–Crippen MR) is 123 cm³/mol. The molecule has 0 unspecified atom stereocenters. The maximum Gasteiger partial charge on any atom is 0.0610 e. The van der Waals surface area contributed by atoms with Crippen LogP contribution in [-0.4, -0.2) is 18.3 Å². The average molecular weight is 389 g/mol. The first-order chi connectivity index (χ1) is 14.8. The lowest BCUT2D eigenvalue weighted by Crippen LogP contribution is -2.23. The Labute approximate surface area is 177 Å². The summed E-state index contributed by atoms with van der Waals surface area (Å²) in [6, 6.07) is 30.6. The number of rotatable bonds is 4. The first kappa shape index (κ1) is 17.5. The Morgan fingerprint density at radius 1 is 0.567 bits per heavy atom. The van der Waals surface area contributed by atoms with Crippen LogP contribution in [0.25, 0.3) is 22.3 Å². The molecule has 0 heterocycles. The summed E-state index contributed by atoms with van der Waals surface area (Å²) in [7, 11) is 0. The van der Waals surface area contributed by atoms with Crippen LogP contribution in [0.15, 0.2) is 84.9 Å². The maximum absolute atomic E-state index is 9.96. The van der Waals surface area contributed by atoms with Crippen LogP contribution in [0.2, 0.25) is 0 Å². The van der Waals surface area contributed by atoms with E-state index in [9.17, 15) is 5.11 Å². The molecule has 0 amide bonds. The fraction of sp³-hybridized carbons (Fsp3) is 0.143. The van der Waals surface area contributed by atoms with Crippen LogP contribution in [0.1, 0.15) is 22.3 Å². The number of aliphatic hydroxyl groups excluding tert-OH is 1. The molecule has 1 N–H and O–H groups in total. The fourth-order valence-electron chi connectivity index (χ4n) is 5.26. The van der Waals surface area contributed by atoms with Gasteiger partial charge in [0.05, 0.1) is 6.61 Å². The molecule has 0 aliphatic heterocycles. The second-order valence-electron chi connectivity index (χ2n) is 8.15. The number of fused-ring (bicyclic) bond motifs is 6. The maximum atomic E-state index is 9.96. The van der Waals surface area contributed by atoms with E-state index in [0.717, 1.165) is 12.8 Å². The van der Waals surface area contributed by atoms with Crippen molar-refractivity contribution in [2.75, 3.05) is 18.1 Å². The number of aliphatic hydroxyl groups is 1. The lowest BCUT2D eigenvalue weighted by molar-refractivity contribution is 0.305. The molecule has 0 bridgehead atoms. The van der Waals surface area contributed by atoms with Gasteiger partial charge in [0.25, 0.3) is 0 Å². The van der Waals surface area contributed by atoms with Crippen LogP contribution in [0.5, 0.6) is 0 Å². The van der Waals surface area contributed by atoms with Crippen molar-refractivity contribution < 1.29 is 5.11 Å². The van der Waals surface area contributed by atoms with Gasteiger partial charge in [-0.3, -0.25) is 0 Å². The SMILES string of the molecule is OCCN(c1cccc2c1Cc1ccccc1-2)c1cccc2c1Cc1ccccc1-2. The Balaban J connectivity index is 1.51. The predicted octanol–water partition coefficient (Wildman–Crippen LogP) is 5.96. The van der Waals surface area contributed by atoms with E-state index in [1.807, 2.05) is 0 Å². The van der Waals surface area contributed by atoms with Gasteiger partial charge in [0.1, 0.15) is 0 Å². The topological polar surface area (TPSA) is 23.5 Å². The van der Waals surface area contributed by atoms with E-state index < -0.39 is 0 Å². The Hall–Kier alpha value is -3.36. The van der Waals surface area contributed by atoms with Crippen molar-refractivity contribution in [2.24, 2.45) is 0 Å². The average Bonchev–Trinajstić information content (AvgIpc) is 3.36.